The summed E-state index contributed by atoms with van der Waals surface area (Å²) in [7, 11) is 1.54. The Labute approximate surface area is 178 Å². The molecule has 0 aliphatic carbocycles. The van der Waals surface area contributed by atoms with Crippen LogP contribution in [0.1, 0.15) is 17.2 Å². The summed E-state index contributed by atoms with van der Waals surface area (Å²) in [6, 6.07) is 17.6. The summed E-state index contributed by atoms with van der Waals surface area (Å²) in [5.74, 6) is -0.893. The van der Waals surface area contributed by atoms with Crippen LogP contribution in [0.3, 0.4) is 0 Å². The number of hydrogen-bond donors (Lipinski definition) is 1. The Kier molecular flexibility index (Phi) is 5.25. The second-order valence-electron chi connectivity index (χ2n) is 6.64. The summed E-state index contributed by atoms with van der Waals surface area (Å²) in [6.07, 6.45) is 1.54. The largest absolute Gasteiger partial charge is 0.507 e. The second-order valence-corrected chi connectivity index (χ2v) is 7.07. The van der Waals surface area contributed by atoms with E-state index in [1.54, 1.807) is 66.7 Å². The number of ketones is 1. The van der Waals surface area contributed by atoms with E-state index in [2.05, 4.69) is 4.98 Å². The van der Waals surface area contributed by atoms with Gasteiger partial charge in [0.2, 0.25) is 0 Å². The molecule has 1 atom stereocenters. The first kappa shape index (κ1) is 19.7. The minimum absolute atomic E-state index is 0.0156. The molecule has 1 amide bonds. The summed E-state index contributed by atoms with van der Waals surface area (Å²) in [5, 5.41) is 11.5. The third kappa shape index (κ3) is 3.42. The van der Waals surface area contributed by atoms with Gasteiger partial charge in [-0.05, 0) is 54.1 Å². The molecule has 2 heterocycles. The van der Waals surface area contributed by atoms with Gasteiger partial charge in [0, 0.05) is 16.8 Å². The maximum Gasteiger partial charge on any atom is 0.301 e. The van der Waals surface area contributed by atoms with Crippen molar-refractivity contribution in [1.29, 1.82) is 0 Å². The van der Waals surface area contributed by atoms with Gasteiger partial charge in [0.25, 0.3) is 5.78 Å². The number of anilines is 1. The standard InChI is InChI=1S/C23H17ClN2O4/c1-30-17-11-7-15(8-12-17)21(27)19-20(14-5-9-16(24)10-6-14)26(23(29)22(19)28)18-4-2-3-13-25-18/h2-13,20,27H,1H3. The highest BCUT2D eigenvalue weighted by molar-refractivity contribution is 6.51. The van der Waals surface area contributed by atoms with Gasteiger partial charge in [-0.3, -0.25) is 14.5 Å². The van der Waals surface area contributed by atoms with Crippen LogP contribution in [0, 0.1) is 0 Å². The SMILES string of the molecule is COc1ccc(C(O)=C2C(=O)C(=O)N(c3ccccn3)C2c2ccc(Cl)cc2)cc1. The van der Waals surface area contributed by atoms with Crippen LogP contribution in [-0.4, -0.2) is 28.9 Å². The number of rotatable bonds is 4. The van der Waals surface area contributed by atoms with Crippen molar-refractivity contribution in [1.82, 2.24) is 4.98 Å². The van der Waals surface area contributed by atoms with Gasteiger partial charge in [0.15, 0.2) is 0 Å². The minimum Gasteiger partial charge on any atom is -0.507 e. The van der Waals surface area contributed by atoms with Gasteiger partial charge in [-0.2, -0.15) is 0 Å². The Morgan fingerprint density at radius 1 is 1.03 bits per heavy atom. The molecule has 4 rings (SSSR count). The van der Waals surface area contributed by atoms with Gasteiger partial charge in [0.05, 0.1) is 18.7 Å². The van der Waals surface area contributed by atoms with Crippen LogP contribution in [0.5, 0.6) is 5.75 Å². The minimum atomic E-state index is -0.848. The van der Waals surface area contributed by atoms with E-state index in [-0.39, 0.29) is 11.3 Å². The number of carbonyl (C=O) groups excluding carboxylic acids is 2. The molecule has 1 N–H and O–H groups in total. The topological polar surface area (TPSA) is 79.7 Å². The molecule has 1 saturated heterocycles. The first-order chi connectivity index (χ1) is 14.5. The summed E-state index contributed by atoms with van der Waals surface area (Å²) >= 11 is 6.02. The van der Waals surface area contributed by atoms with Gasteiger partial charge < -0.3 is 9.84 Å². The third-order valence-corrected chi connectivity index (χ3v) is 5.14. The zero-order chi connectivity index (χ0) is 21.3. The number of pyridine rings is 1. The summed E-state index contributed by atoms with van der Waals surface area (Å²) in [6.45, 7) is 0. The predicted octanol–water partition coefficient (Wildman–Crippen LogP) is 4.37. The van der Waals surface area contributed by atoms with Gasteiger partial charge in [0.1, 0.15) is 17.3 Å². The predicted molar refractivity (Wildman–Crippen MR) is 113 cm³/mol. The maximum absolute atomic E-state index is 13.0. The van der Waals surface area contributed by atoms with E-state index in [0.29, 0.717) is 27.7 Å². The fourth-order valence-corrected chi connectivity index (χ4v) is 3.56. The van der Waals surface area contributed by atoms with Crippen molar-refractivity contribution in [3.63, 3.8) is 0 Å². The number of ether oxygens (including phenoxy) is 1. The van der Waals surface area contributed by atoms with Crippen molar-refractivity contribution in [3.8, 4) is 5.75 Å². The Hall–Kier alpha value is -3.64. The number of aliphatic hydroxyl groups excluding tert-OH is 1. The van der Waals surface area contributed by atoms with Crippen LogP contribution < -0.4 is 9.64 Å². The van der Waals surface area contributed by atoms with Crippen LogP contribution in [0.25, 0.3) is 5.76 Å². The molecular formula is C23H17ClN2O4. The first-order valence-electron chi connectivity index (χ1n) is 9.13. The van der Waals surface area contributed by atoms with E-state index in [0.717, 1.165) is 0 Å². The Morgan fingerprint density at radius 3 is 2.33 bits per heavy atom. The third-order valence-electron chi connectivity index (χ3n) is 4.89. The number of methoxy groups -OCH3 is 1. The Bertz CT molecular complexity index is 1130. The average molecular weight is 421 g/mol. The maximum atomic E-state index is 13.0. The summed E-state index contributed by atoms with van der Waals surface area (Å²) in [5.41, 5.74) is 1.01. The number of hydrogen-bond acceptors (Lipinski definition) is 5. The summed E-state index contributed by atoms with van der Waals surface area (Å²) < 4.78 is 5.14. The smallest absolute Gasteiger partial charge is 0.301 e. The highest BCUT2D eigenvalue weighted by Gasteiger charge is 2.47. The highest BCUT2D eigenvalue weighted by atomic mass is 35.5. The van der Waals surface area contributed by atoms with Crippen molar-refractivity contribution in [2.24, 2.45) is 0 Å². The highest BCUT2D eigenvalue weighted by Crippen LogP contribution is 2.41. The van der Waals surface area contributed by atoms with E-state index in [1.807, 2.05) is 0 Å². The molecule has 150 valence electrons. The lowest BCUT2D eigenvalue weighted by atomic mass is 9.95. The molecule has 0 bridgehead atoms. The number of amides is 1. The molecule has 3 aromatic rings. The molecule has 1 aliphatic rings. The van der Waals surface area contributed by atoms with Crippen molar-refractivity contribution < 1.29 is 19.4 Å². The fraction of sp³-hybridized carbons (Fsp3) is 0.0870. The fourth-order valence-electron chi connectivity index (χ4n) is 3.43. The van der Waals surface area contributed by atoms with Crippen LogP contribution in [0.2, 0.25) is 5.02 Å². The van der Waals surface area contributed by atoms with Crippen LogP contribution in [0.15, 0.2) is 78.5 Å². The molecule has 0 saturated carbocycles. The number of halogens is 1. The zero-order valence-corrected chi connectivity index (χ0v) is 16.7. The zero-order valence-electron chi connectivity index (χ0n) is 15.9. The van der Waals surface area contributed by atoms with Crippen LogP contribution in [-0.2, 0) is 9.59 Å². The number of carbonyl (C=O) groups is 2. The van der Waals surface area contributed by atoms with Gasteiger partial charge in [-0.15, -0.1) is 0 Å². The molecule has 1 aliphatic heterocycles. The lowest BCUT2D eigenvalue weighted by molar-refractivity contribution is -0.132. The van der Waals surface area contributed by atoms with Crippen molar-refractivity contribution in [2.45, 2.75) is 6.04 Å². The molecule has 30 heavy (non-hydrogen) atoms. The Morgan fingerprint density at radius 2 is 1.73 bits per heavy atom. The molecule has 2 aromatic carbocycles. The van der Waals surface area contributed by atoms with Crippen molar-refractivity contribution in [3.05, 3.63) is 94.6 Å². The van der Waals surface area contributed by atoms with E-state index >= 15 is 0 Å². The average Bonchev–Trinajstić information content (AvgIpc) is 3.05. The quantitative estimate of drug-likeness (QED) is 0.385. The molecule has 1 fully saturated rings. The monoisotopic (exact) mass is 420 g/mol. The molecule has 1 unspecified atom stereocenters. The van der Waals surface area contributed by atoms with Crippen molar-refractivity contribution in [2.75, 3.05) is 12.0 Å². The molecule has 1 aromatic heterocycles. The lowest BCUT2D eigenvalue weighted by Crippen LogP contribution is -2.30. The van der Waals surface area contributed by atoms with Crippen molar-refractivity contribution >= 4 is 34.9 Å². The van der Waals surface area contributed by atoms with Crippen LogP contribution in [0.4, 0.5) is 5.82 Å². The Balaban J connectivity index is 1.91. The summed E-state index contributed by atoms with van der Waals surface area (Å²) in [4.78, 5) is 31.5. The number of aromatic nitrogens is 1. The van der Waals surface area contributed by atoms with Gasteiger partial charge in [-0.25, -0.2) is 4.98 Å². The van der Waals surface area contributed by atoms with E-state index in [4.69, 9.17) is 16.3 Å². The van der Waals surface area contributed by atoms with E-state index in [1.165, 1.54) is 18.2 Å². The second kappa shape index (κ2) is 8.00. The molecule has 0 spiro atoms. The van der Waals surface area contributed by atoms with E-state index in [9.17, 15) is 14.7 Å². The lowest BCUT2D eigenvalue weighted by Gasteiger charge is -2.24. The molecule has 7 heteroatoms. The molecule has 0 radical (unpaired) electrons. The number of Topliss-reactive ketones (excluding diaryl/α,β-unsaturated/α-hetero) is 1. The molecular weight excluding hydrogens is 404 g/mol. The molecule has 6 nitrogen and oxygen atoms in total. The number of benzene rings is 2. The number of aliphatic hydroxyl groups is 1. The van der Waals surface area contributed by atoms with Crippen LogP contribution >= 0.6 is 11.6 Å². The number of nitrogens with zero attached hydrogens (tertiary/aromatic N) is 2. The van der Waals surface area contributed by atoms with Gasteiger partial charge >= 0.3 is 5.91 Å². The first-order valence-corrected chi connectivity index (χ1v) is 9.51. The normalized spacial score (nSPS) is 17.9. The van der Waals surface area contributed by atoms with E-state index < -0.39 is 17.7 Å². The van der Waals surface area contributed by atoms with Gasteiger partial charge in [-0.1, -0.05) is 29.8 Å².